The second kappa shape index (κ2) is 5.47. The maximum Gasteiger partial charge on any atom is 0.303 e. The van der Waals surface area contributed by atoms with Gasteiger partial charge in [-0.2, -0.15) is 0 Å². The number of hydrogen-bond donors (Lipinski definition) is 2. The van der Waals surface area contributed by atoms with E-state index in [4.69, 9.17) is 9.84 Å². The molecule has 1 aliphatic rings. The van der Waals surface area contributed by atoms with Crippen LogP contribution in [0.5, 0.6) is 0 Å². The third kappa shape index (κ3) is 3.80. The van der Waals surface area contributed by atoms with Crippen LogP contribution in [0, 0.1) is 0 Å². The minimum atomic E-state index is -0.709. The summed E-state index contributed by atoms with van der Waals surface area (Å²) in [6, 6.07) is 0. The Morgan fingerprint density at radius 2 is 2.33 bits per heavy atom. The van der Waals surface area contributed by atoms with Crippen LogP contribution in [0.4, 0.5) is 0 Å². The summed E-state index contributed by atoms with van der Waals surface area (Å²) in [5.41, 5.74) is 0.0726. The van der Waals surface area contributed by atoms with Crippen LogP contribution in [-0.4, -0.2) is 35.9 Å². The van der Waals surface area contributed by atoms with Gasteiger partial charge in [0.05, 0.1) is 6.10 Å². The lowest BCUT2D eigenvalue weighted by Gasteiger charge is -2.29. The molecule has 1 fully saturated rings. The van der Waals surface area contributed by atoms with E-state index in [-0.39, 0.29) is 18.1 Å². The smallest absolute Gasteiger partial charge is 0.303 e. The molecule has 0 aromatic heterocycles. The molecule has 0 bridgehead atoms. The van der Waals surface area contributed by atoms with Crippen molar-refractivity contribution in [3.8, 4) is 0 Å². The van der Waals surface area contributed by atoms with Gasteiger partial charge >= 0.3 is 5.97 Å². The number of hydrogen-bond acceptors (Lipinski definition) is 3. The average Bonchev–Trinajstić information content (AvgIpc) is 2.46. The van der Waals surface area contributed by atoms with Crippen LogP contribution < -0.4 is 5.32 Å². The summed E-state index contributed by atoms with van der Waals surface area (Å²) < 4.78 is 5.51. The molecular formula is C11H21NO3. The highest BCUT2D eigenvalue weighted by Gasteiger charge is 2.35. The summed E-state index contributed by atoms with van der Waals surface area (Å²) in [6.45, 7) is 5.94. The molecule has 4 nitrogen and oxygen atoms in total. The Morgan fingerprint density at radius 3 is 2.87 bits per heavy atom. The molecule has 1 heterocycles. The molecule has 0 radical (unpaired) electrons. The number of carbonyl (C=O) groups is 1. The van der Waals surface area contributed by atoms with E-state index in [1.54, 1.807) is 0 Å². The van der Waals surface area contributed by atoms with E-state index in [0.717, 1.165) is 32.4 Å². The first kappa shape index (κ1) is 12.5. The number of ether oxygens (including phenoxy) is 1. The minimum Gasteiger partial charge on any atom is -0.481 e. The lowest BCUT2D eigenvalue weighted by Crippen LogP contribution is -2.48. The zero-order valence-electron chi connectivity index (χ0n) is 9.58. The van der Waals surface area contributed by atoms with E-state index in [9.17, 15) is 4.79 Å². The molecule has 1 rings (SSSR count). The van der Waals surface area contributed by atoms with E-state index in [1.807, 2.05) is 0 Å². The zero-order valence-corrected chi connectivity index (χ0v) is 9.58. The molecule has 88 valence electrons. The van der Waals surface area contributed by atoms with E-state index in [2.05, 4.69) is 19.2 Å². The summed E-state index contributed by atoms with van der Waals surface area (Å²) in [5.74, 6) is -0.709. The van der Waals surface area contributed by atoms with Crippen LogP contribution in [0.3, 0.4) is 0 Å². The van der Waals surface area contributed by atoms with Crippen molar-refractivity contribution in [2.45, 2.75) is 51.2 Å². The third-order valence-electron chi connectivity index (χ3n) is 3.23. The van der Waals surface area contributed by atoms with Gasteiger partial charge in [0.2, 0.25) is 0 Å². The van der Waals surface area contributed by atoms with Crippen molar-refractivity contribution in [3.63, 3.8) is 0 Å². The van der Waals surface area contributed by atoms with E-state index in [1.165, 1.54) is 0 Å². The van der Waals surface area contributed by atoms with Crippen molar-refractivity contribution in [1.29, 1.82) is 0 Å². The van der Waals surface area contributed by atoms with Crippen LogP contribution >= 0.6 is 0 Å². The molecule has 0 amide bonds. The Kier molecular flexibility index (Phi) is 4.54. The molecule has 0 saturated carbocycles. The molecule has 1 saturated heterocycles. The Labute approximate surface area is 91.0 Å². The highest BCUT2D eigenvalue weighted by atomic mass is 16.5. The van der Waals surface area contributed by atoms with Crippen molar-refractivity contribution < 1.29 is 14.6 Å². The highest BCUT2D eigenvalue weighted by molar-refractivity contribution is 5.66. The molecule has 1 aliphatic heterocycles. The number of nitrogens with one attached hydrogen (secondary N) is 1. The lowest BCUT2D eigenvalue weighted by molar-refractivity contribution is -0.137. The maximum atomic E-state index is 10.3. The van der Waals surface area contributed by atoms with Crippen LogP contribution in [0.2, 0.25) is 0 Å². The third-order valence-corrected chi connectivity index (χ3v) is 3.23. The quantitative estimate of drug-likeness (QED) is 0.657. The van der Waals surface area contributed by atoms with Crippen molar-refractivity contribution in [2.75, 3.05) is 13.2 Å². The zero-order chi connectivity index (χ0) is 11.3. The highest BCUT2D eigenvalue weighted by Crippen LogP contribution is 2.24. The Hall–Kier alpha value is -0.610. The fourth-order valence-corrected chi connectivity index (χ4v) is 1.84. The Bertz CT molecular complexity index is 220. The molecule has 0 aliphatic carbocycles. The molecule has 0 aromatic rings. The molecular weight excluding hydrogens is 194 g/mol. The molecule has 2 N–H and O–H groups in total. The average molecular weight is 215 g/mol. The maximum absolute atomic E-state index is 10.3. The molecule has 4 heteroatoms. The summed E-state index contributed by atoms with van der Waals surface area (Å²) in [4.78, 5) is 10.3. The van der Waals surface area contributed by atoms with Gasteiger partial charge < -0.3 is 15.2 Å². The Morgan fingerprint density at radius 1 is 1.60 bits per heavy atom. The van der Waals surface area contributed by atoms with Crippen molar-refractivity contribution in [3.05, 3.63) is 0 Å². The van der Waals surface area contributed by atoms with Gasteiger partial charge in [-0.25, -0.2) is 0 Å². The summed E-state index contributed by atoms with van der Waals surface area (Å²) in [5, 5.41) is 11.9. The monoisotopic (exact) mass is 215 g/mol. The van der Waals surface area contributed by atoms with Crippen LogP contribution in [0.15, 0.2) is 0 Å². The summed E-state index contributed by atoms with van der Waals surface area (Å²) in [7, 11) is 0. The number of unbranched alkanes of at least 4 members (excludes halogenated alkanes) is 1. The number of carboxylic acid groups (broad SMARTS) is 1. The number of carboxylic acids is 1. The van der Waals surface area contributed by atoms with Crippen molar-refractivity contribution in [1.82, 2.24) is 5.32 Å². The number of rotatable bonds is 6. The second-order valence-electron chi connectivity index (χ2n) is 4.46. The Balaban J connectivity index is 2.11. The fourth-order valence-electron chi connectivity index (χ4n) is 1.84. The molecule has 15 heavy (non-hydrogen) atoms. The van der Waals surface area contributed by atoms with E-state index < -0.39 is 5.97 Å². The first-order chi connectivity index (χ1) is 7.04. The van der Waals surface area contributed by atoms with Gasteiger partial charge in [0, 0.05) is 18.6 Å². The molecule has 0 spiro atoms. The van der Waals surface area contributed by atoms with Gasteiger partial charge in [0.25, 0.3) is 0 Å². The van der Waals surface area contributed by atoms with E-state index in [0.29, 0.717) is 0 Å². The van der Waals surface area contributed by atoms with Gasteiger partial charge in [0.1, 0.15) is 0 Å². The minimum absolute atomic E-state index is 0.0726. The fraction of sp³-hybridized carbons (Fsp3) is 0.909. The summed E-state index contributed by atoms with van der Waals surface area (Å²) in [6.07, 6.45) is 3.21. The largest absolute Gasteiger partial charge is 0.481 e. The molecule has 0 aromatic carbocycles. The van der Waals surface area contributed by atoms with Crippen molar-refractivity contribution in [2.24, 2.45) is 0 Å². The summed E-state index contributed by atoms with van der Waals surface area (Å²) >= 11 is 0. The van der Waals surface area contributed by atoms with E-state index >= 15 is 0 Å². The van der Waals surface area contributed by atoms with Gasteiger partial charge in [-0.3, -0.25) is 4.79 Å². The standard InChI is InChI=1S/C11H21NO3/c1-9-11(2,6-8-15-9)12-7-4-3-5-10(13)14/h9,12H,3-8H2,1-2H3,(H,13,14). The first-order valence-corrected chi connectivity index (χ1v) is 5.63. The lowest BCUT2D eigenvalue weighted by atomic mass is 9.94. The second-order valence-corrected chi connectivity index (χ2v) is 4.46. The normalized spacial score (nSPS) is 30.7. The SMILES string of the molecule is CC1OCCC1(C)NCCCCC(=O)O. The van der Waals surface area contributed by atoms with Crippen LogP contribution in [-0.2, 0) is 9.53 Å². The van der Waals surface area contributed by atoms with Gasteiger partial charge in [-0.05, 0) is 39.7 Å². The topological polar surface area (TPSA) is 58.6 Å². The van der Waals surface area contributed by atoms with Crippen LogP contribution in [0.25, 0.3) is 0 Å². The van der Waals surface area contributed by atoms with Gasteiger partial charge in [-0.1, -0.05) is 0 Å². The predicted molar refractivity (Wildman–Crippen MR) is 57.9 cm³/mol. The first-order valence-electron chi connectivity index (χ1n) is 5.63. The van der Waals surface area contributed by atoms with Crippen LogP contribution in [0.1, 0.15) is 39.5 Å². The van der Waals surface area contributed by atoms with Gasteiger partial charge in [-0.15, -0.1) is 0 Å². The van der Waals surface area contributed by atoms with Crippen molar-refractivity contribution >= 4 is 5.97 Å². The molecule has 2 atom stereocenters. The number of aliphatic carboxylic acids is 1. The van der Waals surface area contributed by atoms with Gasteiger partial charge in [0.15, 0.2) is 0 Å². The molecule has 2 unspecified atom stereocenters. The predicted octanol–water partition coefficient (Wildman–Crippen LogP) is 1.40.